The van der Waals surface area contributed by atoms with E-state index >= 15 is 0 Å². The molecule has 2 amide bonds. The normalized spacial score (nSPS) is 21.2. The number of para-hydroxylation sites is 1. The van der Waals surface area contributed by atoms with Gasteiger partial charge in [0.05, 0.1) is 52.6 Å². The number of aromatic nitrogens is 3. The maximum Gasteiger partial charge on any atom is 0.272 e. The molecule has 50 heavy (non-hydrogen) atoms. The van der Waals surface area contributed by atoms with E-state index in [9.17, 15) is 9.59 Å². The van der Waals surface area contributed by atoms with E-state index in [4.69, 9.17) is 21.5 Å². The molecule has 3 aromatic rings. The highest BCUT2D eigenvalue weighted by Gasteiger charge is 2.38. The summed E-state index contributed by atoms with van der Waals surface area (Å²) in [5.74, 6) is 0.638. The Kier molecular flexibility index (Phi) is 9.17. The lowest BCUT2D eigenvalue weighted by atomic mass is 9.91. The number of fused-ring (bicyclic) bond motifs is 3. The standard InChI is InChI=1S/C37H49N11O2/c1-5-31-35-27(17-41-48(35)25-20-46(21-25)19-24-8-6-11-29(42-24)37(50)47-15-14-22(2)18-47)26-9-7-10-28(34(26)45(31)4)44-30(16-32(38)40-3)33(39)36(49)43-23-12-13-23/h6-11,16-17,22-23,25,31,40,44H,5,12-15,18-21,38-39H2,1-4H3,(H,43,49)/b32-16+,33-30+. The van der Waals surface area contributed by atoms with E-state index < -0.39 is 0 Å². The van der Waals surface area contributed by atoms with Crippen LogP contribution in [0.2, 0.25) is 0 Å². The van der Waals surface area contributed by atoms with Crippen LogP contribution >= 0.6 is 0 Å². The van der Waals surface area contributed by atoms with E-state index in [0.29, 0.717) is 29.7 Å². The Bertz CT molecular complexity index is 1840. The molecule has 7 rings (SSSR count). The second-order valence-corrected chi connectivity index (χ2v) is 14.2. The summed E-state index contributed by atoms with van der Waals surface area (Å²) in [4.78, 5) is 37.4. The molecule has 1 aromatic carbocycles. The van der Waals surface area contributed by atoms with Crippen LogP contribution in [0.25, 0.3) is 11.1 Å². The summed E-state index contributed by atoms with van der Waals surface area (Å²) in [5, 5.41) is 14.3. The molecule has 0 radical (unpaired) electrons. The molecular formula is C37H49N11O2. The average molecular weight is 680 g/mol. The Balaban J connectivity index is 1.10. The molecule has 5 heterocycles. The van der Waals surface area contributed by atoms with Crippen LogP contribution in [-0.2, 0) is 11.3 Å². The number of carbonyl (C=O) groups excluding carboxylic acids is 2. The van der Waals surface area contributed by atoms with E-state index in [1.165, 1.54) is 5.69 Å². The van der Waals surface area contributed by atoms with Crippen LogP contribution in [-0.4, -0.2) is 82.7 Å². The van der Waals surface area contributed by atoms with Gasteiger partial charge in [-0.25, -0.2) is 4.98 Å². The van der Waals surface area contributed by atoms with E-state index in [-0.39, 0.29) is 35.6 Å². The smallest absolute Gasteiger partial charge is 0.272 e. The number of nitrogens with one attached hydrogen (secondary N) is 3. The number of likely N-dealkylation sites (tertiary alicyclic amines) is 2. The fourth-order valence-corrected chi connectivity index (χ4v) is 7.44. The second-order valence-electron chi connectivity index (χ2n) is 14.2. The molecule has 0 bridgehead atoms. The van der Waals surface area contributed by atoms with Gasteiger partial charge in [0.25, 0.3) is 11.8 Å². The van der Waals surface area contributed by atoms with Crippen LogP contribution in [0.1, 0.15) is 73.5 Å². The molecule has 1 saturated carbocycles. The van der Waals surface area contributed by atoms with Crippen LogP contribution in [0.4, 0.5) is 11.4 Å². The van der Waals surface area contributed by atoms with Crippen molar-refractivity contribution < 1.29 is 9.59 Å². The van der Waals surface area contributed by atoms with Crippen LogP contribution in [0.5, 0.6) is 0 Å². The Hall–Kier alpha value is -5.04. The lowest BCUT2D eigenvalue weighted by Crippen LogP contribution is -2.48. The van der Waals surface area contributed by atoms with Crippen molar-refractivity contribution in [3.8, 4) is 11.1 Å². The van der Waals surface area contributed by atoms with E-state index in [2.05, 4.69) is 57.4 Å². The second kappa shape index (κ2) is 13.7. The van der Waals surface area contributed by atoms with Crippen LogP contribution in [0.15, 0.2) is 65.9 Å². The molecule has 3 fully saturated rings. The molecular weight excluding hydrogens is 630 g/mol. The van der Waals surface area contributed by atoms with Crippen molar-refractivity contribution in [3.63, 3.8) is 0 Å². The summed E-state index contributed by atoms with van der Waals surface area (Å²) in [6, 6.07) is 12.4. The highest BCUT2D eigenvalue weighted by Crippen LogP contribution is 2.49. The largest absolute Gasteiger partial charge is 0.393 e. The van der Waals surface area contributed by atoms with Crippen molar-refractivity contribution >= 4 is 23.2 Å². The van der Waals surface area contributed by atoms with Gasteiger partial charge in [-0.1, -0.05) is 32.0 Å². The molecule has 3 aliphatic heterocycles. The summed E-state index contributed by atoms with van der Waals surface area (Å²) in [5.41, 5.74) is 19.7. The van der Waals surface area contributed by atoms with Crippen molar-refractivity contribution in [1.29, 1.82) is 0 Å². The first-order valence-electron chi connectivity index (χ1n) is 17.8. The van der Waals surface area contributed by atoms with Gasteiger partial charge in [-0.3, -0.25) is 19.2 Å². The number of nitrogens with two attached hydrogens (primary N) is 2. The van der Waals surface area contributed by atoms with Gasteiger partial charge in [0, 0.05) is 70.1 Å². The van der Waals surface area contributed by atoms with Crippen LogP contribution in [0, 0.1) is 5.92 Å². The molecule has 1 aliphatic carbocycles. The van der Waals surface area contributed by atoms with Gasteiger partial charge >= 0.3 is 0 Å². The Morgan fingerprint density at radius 3 is 2.52 bits per heavy atom. The molecule has 264 valence electrons. The summed E-state index contributed by atoms with van der Waals surface area (Å²) < 4.78 is 2.21. The Morgan fingerprint density at radius 2 is 1.82 bits per heavy atom. The Labute approximate surface area is 293 Å². The van der Waals surface area contributed by atoms with Crippen molar-refractivity contribution in [2.75, 3.05) is 50.5 Å². The number of anilines is 2. The molecule has 2 atom stereocenters. The SMILES string of the molecule is CCC1c2c(cnn2C2CN(Cc3cccc(C(=O)N4CCC(C)C4)n3)C2)-c2cccc(NC(/C=C(\N)NC)=C(/N)C(=O)NC3CC3)c2N1C. The molecule has 0 spiro atoms. The lowest BCUT2D eigenvalue weighted by molar-refractivity contribution is -0.117. The predicted molar refractivity (Wildman–Crippen MR) is 195 cm³/mol. The molecule has 2 unspecified atom stereocenters. The van der Waals surface area contributed by atoms with Crippen molar-refractivity contribution in [3.05, 3.63) is 83.0 Å². The summed E-state index contributed by atoms with van der Waals surface area (Å²) in [7, 11) is 3.83. The van der Waals surface area contributed by atoms with Gasteiger partial charge in [-0.15, -0.1) is 0 Å². The van der Waals surface area contributed by atoms with E-state index in [1.807, 2.05) is 41.4 Å². The molecule has 2 saturated heterocycles. The van der Waals surface area contributed by atoms with Gasteiger partial charge in [0.2, 0.25) is 0 Å². The third-order valence-electron chi connectivity index (χ3n) is 10.4. The quantitative estimate of drug-likeness (QED) is 0.150. The summed E-state index contributed by atoms with van der Waals surface area (Å²) >= 11 is 0. The number of hydrogen-bond donors (Lipinski definition) is 5. The highest BCUT2D eigenvalue weighted by atomic mass is 16.2. The number of allylic oxidation sites excluding steroid dienone is 1. The van der Waals surface area contributed by atoms with Gasteiger partial charge in [0.1, 0.15) is 11.4 Å². The molecule has 4 aliphatic rings. The fraction of sp³-hybridized carbons (Fsp3) is 0.459. The maximum absolute atomic E-state index is 13.0. The van der Waals surface area contributed by atoms with E-state index in [1.54, 1.807) is 13.1 Å². The highest BCUT2D eigenvalue weighted by molar-refractivity contribution is 5.96. The third kappa shape index (κ3) is 6.49. The Morgan fingerprint density at radius 1 is 1.04 bits per heavy atom. The number of amides is 2. The fourth-order valence-electron chi connectivity index (χ4n) is 7.44. The monoisotopic (exact) mass is 679 g/mol. The minimum absolute atomic E-state index is 0.0302. The van der Waals surface area contributed by atoms with Crippen molar-refractivity contribution in [2.45, 2.75) is 64.2 Å². The number of carbonyl (C=O) groups is 2. The first-order chi connectivity index (χ1) is 24.1. The topological polar surface area (TPSA) is 163 Å². The number of nitrogens with zero attached hydrogens (tertiary/aromatic N) is 6. The molecule has 13 heteroatoms. The number of hydrogen-bond acceptors (Lipinski definition) is 10. The minimum Gasteiger partial charge on any atom is -0.393 e. The zero-order valence-corrected chi connectivity index (χ0v) is 29.4. The zero-order valence-electron chi connectivity index (χ0n) is 29.4. The number of benzene rings is 1. The third-order valence-corrected chi connectivity index (χ3v) is 10.4. The summed E-state index contributed by atoms with van der Waals surface area (Å²) in [6.07, 6.45) is 7.50. The van der Waals surface area contributed by atoms with Gasteiger partial charge < -0.3 is 37.2 Å². The van der Waals surface area contributed by atoms with Crippen molar-refractivity contribution in [1.82, 2.24) is 35.2 Å². The van der Waals surface area contributed by atoms with Gasteiger partial charge in [-0.2, -0.15) is 5.10 Å². The first kappa shape index (κ1) is 33.5. The average Bonchev–Trinajstić information content (AvgIpc) is 3.64. The van der Waals surface area contributed by atoms with Crippen molar-refractivity contribution in [2.24, 2.45) is 17.4 Å². The zero-order chi connectivity index (χ0) is 35.1. The molecule has 2 aromatic heterocycles. The number of rotatable bonds is 11. The summed E-state index contributed by atoms with van der Waals surface area (Å²) in [6.45, 7) is 8.38. The van der Waals surface area contributed by atoms with Crippen LogP contribution < -0.4 is 32.3 Å². The van der Waals surface area contributed by atoms with Gasteiger partial charge in [0.15, 0.2) is 0 Å². The minimum atomic E-state index is -0.313. The van der Waals surface area contributed by atoms with E-state index in [0.717, 1.165) is 80.1 Å². The molecule has 7 N–H and O–H groups in total. The lowest BCUT2D eigenvalue weighted by Gasteiger charge is -2.43. The predicted octanol–water partition coefficient (Wildman–Crippen LogP) is 3.27. The van der Waals surface area contributed by atoms with Crippen LogP contribution in [0.3, 0.4) is 0 Å². The number of pyridine rings is 1. The first-order valence-corrected chi connectivity index (χ1v) is 17.8. The molecule has 13 nitrogen and oxygen atoms in total. The maximum atomic E-state index is 13.0. The van der Waals surface area contributed by atoms with Gasteiger partial charge in [-0.05, 0) is 49.8 Å².